The van der Waals surface area contributed by atoms with Gasteiger partial charge in [0.2, 0.25) is 5.91 Å². The van der Waals surface area contributed by atoms with Gasteiger partial charge in [-0.3, -0.25) is 19.5 Å². The van der Waals surface area contributed by atoms with E-state index in [1.54, 1.807) is 7.11 Å². The number of piperazine rings is 1. The first-order chi connectivity index (χ1) is 16.8. The third-order valence-corrected chi connectivity index (χ3v) is 8.27. The van der Waals surface area contributed by atoms with E-state index in [-0.39, 0.29) is 29.6 Å². The van der Waals surface area contributed by atoms with Crippen LogP contribution in [-0.2, 0) is 19.7 Å². The smallest absolute Gasteiger partial charge is 0.248 e. The van der Waals surface area contributed by atoms with Gasteiger partial charge in [0.1, 0.15) is 12.4 Å². The maximum absolute atomic E-state index is 13.1. The van der Waals surface area contributed by atoms with Crippen molar-refractivity contribution in [2.24, 2.45) is 0 Å². The number of halogens is 2. The molecule has 8 heteroatoms. The molecule has 4 rings (SSSR count). The SMILES string of the molecule is COCC(=O)N1CCN(CC[C@]2(c3ccc(Cl)c(Cl)c3)CCC(=O)C(c3cccc(C)n3)C2)CC1. The van der Waals surface area contributed by atoms with Gasteiger partial charge < -0.3 is 9.64 Å². The van der Waals surface area contributed by atoms with Crippen LogP contribution in [-0.4, -0.2) is 72.9 Å². The van der Waals surface area contributed by atoms with Crippen molar-refractivity contribution >= 4 is 34.9 Å². The summed E-state index contributed by atoms with van der Waals surface area (Å²) in [6.07, 6.45) is 2.89. The molecule has 6 nitrogen and oxygen atoms in total. The number of pyridine rings is 1. The third-order valence-electron chi connectivity index (χ3n) is 7.53. The Bertz CT molecular complexity index is 1070. The van der Waals surface area contributed by atoms with Crippen LogP contribution in [0.15, 0.2) is 36.4 Å². The topological polar surface area (TPSA) is 62.7 Å². The number of benzene rings is 1. The largest absolute Gasteiger partial charge is 0.375 e. The minimum Gasteiger partial charge on any atom is -0.375 e. The van der Waals surface area contributed by atoms with Crippen molar-refractivity contribution in [3.63, 3.8) is 0 Å². The summed E-state index contributed by atoms with van der Waals surface area (Å²) in [6.45, 7) is 6.04. The van der Waals surface area contributed by atoms with Crippen LogP contribution < -0.4 is 0 Å². The highest BCUT2D eigenvalue weighted by molar-refractivity contribution is 6.42. The van der Waals surface area contributed by atoms with E-state index in [0.29, 0.717) is 36.0 Å². The Morgan fingerprint density at radius 1 is 1.14 bits per heavy atom. The Morgan fingerprint density at radius 2 is 1.91 bits per heavy atom. The van der Waals surface area contributed by atoms with Crippen molar-refractivity contribution in [1.29, 1.82) is 0 Å². The fourth-order valence-electron chi connectivity index (χ4n) is 5.44. The highest BCUT2D eigenvalue weighted by atomic mass is 35.5. The molecule has 1 aliphatic heterocycles. The Balaban J connectivity index is 1.55. The van der Waals surface area contributed by atoms with Gasteiger partial charge in [0.05, 0.1) is 21.7 Å². The zero-order valence-corrected chi connectivity index (χ0v) is 21.9. The molecule has 0 spiro atoms. The van der Waals surface area contributed by atoms with E-state index in [0.717, 1.165) is 49.4 Å². The Kier molecular flexibility index (Phi) is 8.48. The number of amides is 1. The number of nitrogens with zero attached hydrogens (tertiary/aromatic N) is 3. The van der Waals surface area contributed by atoms with Gasteiger partial charge in [-0.05, 0) is 68.0 Å². The van der Waals surface area contributed by atoms with E-state index in [9.17, 15) is 9.59 Å². The quantitative estimate of drug-likeness (QED) is 0.534. The second-order valence-electron chi connectivity index (χ2n) is 9.74. The Labute approximate surface area is 217 Å². The number of carbonyl (C=O) groups is 2. The first kappa shape index (κ1) is 26.1. The van der Waals surface area contributed by atoms with Gasteiger partial charge in [0, 0.05) is 45.4 Å². The fourth-order valence-corrected chi connectivity index (χ4v) is 5.74. The average molecular weight is 518 g/mol. The number of aromatic nitrogens is 1. The van der Waals surface area contributed by atoms with E-state index < -0.39 is 0 Å². The van der Waals surface area contributed by atoms with Crippen molar-refractivity contribution in [2.45, 2.75) is 43.9 Å². The molecule has 1 aliphatic carbocycles. The molecule has 188 valence electrons. The zero-order chi connectivity index (χ0) is 25.0. The van der Waals surface area contributed by atoms with Gasteiger partial charge in [-0.2, -0.15) is 0 Å². The Morgan fingerprint density at radius 3 is 2.60 bits per heavy atom. The van der Waals surface area contributed by atoms with E-state index in [4.69, 9.17) is 32.9 Å². The summed E-state index contributed by atoms with van der Waals surface area (Å²) in [6, 6.07) is 11.8. The van der Waals surface area contributed by atoms with E-state index in [2.05, 4.69) is 11.0 Å². The third kappa shape index (κ3) is 6.05. The van der Waals surface area contributed by atoms with E-state index in [1.807, 2.05) is 42.2 Å². The van der Waals surface area contributed by atoms with Gasteiger partial charge in [-0.1, -0.05) is 35.3 Å². The highest BCUT2D eigenvalue weighted by Gasteiger charge is 2.43. The minimum absolute atomic E-state index is 0.0405. The molecule has 2 aliphatic rings. The molecule has 0 N–H and O–H groups in total. The van der Waals surface area contributed by atoms with Crippen LogP contribution in [0, 0.1) is 6.92 Å². The molecule has 35 heavy (non-hydrogen) atoms. The molecule has 2 heterocycles. The second-order valence-corrected chi connectivity index (χ2v) is 10.6. The summed E-state index contributed by atoms with van der Waals surface area (Å²) in [7, 11) is 1.55. The normalized spacial score (nSPS) is 23.5. The van der Waals surface area contributed by atoms with Crippen molar-refractivity contribution in [1.82, 2.24) is 14.8 Å². The summed E-state index contributed by atoms with van der Waals surface area (Å²) in [5, 5.41) is 1.07. The summed E-state index contributed by atoms with van der Waals surface area (Å²) in [4.78, 5) is 34.2. The van der Waals surface area contributed by atoms with Crippen LogP contribution in [0.4, 0.5) is 0 Å². The van der Waals surface area contributed by atoms with E-state index >= 15 is 0 Å². The van der Waals surface area contributed by atoms with E-state index in [1.165, 1.54) is 0 Å². The predicted molar refractivity (Wildman–Crippen MR) is 138 cm³/mol. The first-order valence-corrected chi connectivity index (χ1v) is 13.0. The highest BCUT2D eigenvalue weighted by Crippen LogP contribution is 2.47. The van der Waals surface area contributed by atoms with Crippen LogP contribution in [0.5, 0.6) is 0 Å². The molecular formula is C27H33Cl2N3O3. The lowest BCUT2D eigenvalue weighted by Crippen LogP contribution is -2.50. The lowest BCUT2D eigenvalue weighted by Gasteiger charge is -2.43. The molecule has 1 amide bonds. The number of Topliss-reactive ketones (excluding diaryl/α,β-unsaturated/α-hetero) is 1. The molecule has 2 fully saturated rings. The molecule has 0 bridgehead atoms. The maximum atomic E-state index is 13.1. The maximum Gasteiger partial charge on any atom is 0.248 e. The van der Waals surface area contributed by atoms with Crippen molar-refractivity contribution in [3.05, 3.63) is 63.4 Å². The van der Waals surface area contributed by atoms with Crippen LogP contribution in [0.1, 0.15) is 48.6 Å². The van der Waals surface area contributed by atoms with Gasteiger partial charge in [0.15, 0.2) is 0 Å². The lowest BCUT2D eigenvalue weighted by molar-refractivity contribution is -0.136. The van der Waals surface area contributed by atoms with Crippen molar-refractivity contribution < 1.29 is 14.3 Å². The first-order valence-electron chi connectivity index (χ1n) is 12.2. The molecule has 0 radical (unpaired) electrons. The lowest BCUT2D eigenvalue weighted by atomic mass is 9.63. The monoisotopic (exact) mass is 517 g/mol. The summed E-state index contributed by atoms with van der Waals surface area (Å²) < 4.78 is 5.00. The summed E-state index contributed by atoms with van der Waals surface area (Å²) in [5.74, 6) is 0.0596. The van der Waals surface area contributed by atoms with Crippen LogP contribution >= 0.6 is 23.2 Å². The number of ketones is 1. The molecule has 1 aromatic heterocycles. The summed E-state index contributed by atoms with van der Waals surface area (Å²) >= 11 is 12.7. The number of rotatable bonds is 7. The predicted octanol–water partition coefficient (Wildman–Crippen LogP) is 4.65. The molecule has 1 saturated carbocycles. The van der Waals surface area contributed by atoms with Gasteiger partial charge in [0.25, 0.3) is 0 Å². The number of hydrogen-bond donors (Lipinski definition) is 0. The molecule has 2 atom stereocenters. The number of methoxy groups -OCH3 is 1. The summed E-state index contributed by atoms with van der Waals surface area (Å²) in [5.41, 5.74) is 2.69. The van der Waals surface area contributed by atoms with Crippen molar-refractivity contribution in [3.8, 4) is 0 Å². The standard InChI is InChI=1S/C27H33Cl2N3O3/c1-19-4-3-5-24(30-19)21-17-27(9-8-25(21)33,20-6-7-22(28)23(29)16-20)10-11-31-12-14-32(15-13-31)26(34)18-35-2/h3-7,16,21H,8-15,17-18H2,1-2H3/t21?,27-/m1/s1. The molecule has 1 unspecified atom stereocenters. The molecule has 1 aromatic carbocycles. The number of ether oxygens (including phenoxy) is 1. The van der Waals surface area contributed by atoms with Gasteiger partial charge in [-0.25, -0.2) is 0 Å². The van der Waals surface area contributed by atoms with Gasteiger partial charge in [-0.15, -0.1) is 0 Å². The van der Waals surface area contributed by atoms with Crippen LogP contribution in [0.3, 0.4) is 0 Å². The van der Waals surface area contributed by atoms with Gasteiger partial charge >= 0.3 is 0 Å². The number of aryl methyl sites for hydroxylation is 1. The second kappa shape index (κ2) is 11.4. The molecule has 1 saturated heterocycles. The zero-order valence-electron chi connectivity index (χ0n) is 20.4. The van der Waals surface area contributed by atoms with Crippen LogP contribution in [0.2, 0.25) is 10.0 Å². The van der Waals surface area contributed by atoms with Crippen LogP contribution in [0.25, 0.3) is 0 Å². The van der Waals surface area contributed by atoms with Crippen molar-refractivity contribution in [2.75, 3.05) is 46.4 Å². The molecule has 2 aromatic rings. The Hall–Kier alpha value is -1.99. The number of hydrogen-bond acceptors (Lipinski definition) is 5. The number of carbonyl (C=O) groups excluding carboxylic acids is 2. The minimum atomic E-state index is -0.235. The fraction of sp³-hybridized carbons (Fsp3) is 0.519. The average Bonchev–Trinajstić information content (AvgIpc) is 2.86. The molecular weight excluding hydrogens is 485 g/mol.